The molecule has 1 aliphatic heterocycles. The van der Waals surface area contributed by atoms with Crippen LogP contribution in [-0.4, -0.2) is 62.4 Å². The minimum absolute atomic E-state index is 0.0928. The fraction of sp³-hybridized carbons (Fsp3) is 0.485. The number of aliphatic hydroxyl groups excluding tert-OH is 1. The minimum Gasteiger partial charge on any atom is -0.496 e. The van der Waals surface area contributed by atoms with E-state index in [1.165, 1.54) is 35.3 Å². The molecule has 1 saturated heterocycles. The van der Waals surface area contributed by atoms with E-state index in [1.54, 1.807) is 18.9 Å². The number of ether oxygens (including phenoxy) is 1. The van der Waals surface area contributed by atoms with Crippen molar-refractivity contribution in [2.45, 2.75) is 83.1 Å². The second-order valence-corrected chi connectivity index (χ2v) is 13.1. The van der Waals surface area contributed by atoms with Gasteiger partial charge in [-0.15, -0.1) is 11.3 Å². The number of benzene rings is 1. The second-order valence-electron chi connectivity index (χ2n) is 11.9. The Morgan fingerprint density at radius 1 is 1.21 bits per heavy atom. The van der Waals surface area contributed by atoms with E-state index in [0.717, 1.165) is 48.7 Å². The van der Waals surface area contributed by atoms with Crippen LogP contribution in [0.2, 0.25) is 0 Å². The van der Waals surface area contributed by atoms with E-state index in [1.807, 2.05) is 30.3 Å². The van der Waals surface area contributed by atoms with Gasteiger partial charge < -0.3 is 23.3 Å². The van der Waals surface area contributed by atoms with Crippen molar-refractivity contribution in [3.8, 4) is 22.6 Å². The summed E-state index contributed by atoms with van der Waals surface area (Å²) in [6.45, 7) is 4.27. The molecule has 1 N–H and O–H groups in total. The van der Waals surface area contributed by atoms with E-state index in [-0.39, 0.29) is 24.1 Å². The molecule has 1 amide bonds. The van der Waals surface area contributed by atoms with Crippen LogP contribution in [0.25, 0.3) is 21.0 Å². The molecule has 12 nitrogen and oxygen atoms in total. The number of thiol groups is 1. The lowest BCUT2D eigenvalue weighted by molar-refractivity contribution is -0.136. The van der Waals surface area contributed by atoms with Crippen molar-refractivity contribution in [2.24, 2.45) is 0 Å². The zero-order valence-electron chi connectivity index (χ0n) is 26.7. The maximum absolute atomic E-state index is 14.1. The number of hydrogen-bond donors (Lipinski definition) is 2. The number of rotatable bonds is 8. The molecule has 1 atom stereocenters. The molecule has 2 aliphatic rings. The third kappa shape index (κ3) is 6.89. The predicted octanol–water partition coefficient (Wildman–Crippen LogP) is 4.45. The molecule has 1 saturated carbocycles. The summed E-state index contributed by atoms with van der Waals surface area (Å²) in [6, 6.07) is 9.49. The molecule has 0 bridgehead atoms. The number of hydrogen-bond acceptors (Lipinski definition) is 11. The molecule has 4 aromatic rings. The minimum atomic E-state index is -2.00. The summed E-state index contributed by atoms with van der Waals surface area (Å²) in [5.74, 6) is 0.460. The number of carbonyl (C=O) groups is 1. The normalized spacial score (nSPS) is 19.1. The molecule has 0 radical (unpaired) electrons. The number of para-hydroxylation sites is 1. The van der Waals surface area contributed by atoms with Gasteiger partial charge in [-0.1, -0.05) is 18.2 Å². The van der Waals surface area contributed by atoms with Crippen LogP contribution in [0.3, 0.4) is 0 Å². The largest absolute Gasteiger partial charge is 0.496 e. The van der Waals surface area contributed by atoms with Crippen LogP contribution in [0, 0.1) is 18.3 Å². The Morgan fingerprint density at radius 3 is 2.53 bits per heavy atom. The number of aliphatic hydroxyl groups is 1. The molecule has 14 heteroatoms. The first-order valence-electron chi connectivity index (χ1n) is 15.6. The van der Waals surface area contributed by atoms with Gasteiger partial charge in [-0.25, -0.2) is 14.3 Å². The lowest BCUT2D eigenvalue weighted by Crippen LogP contribution is -2.57. The number of oxazole rings is 1. The topological polar surface area (TPSA) is 153 Å². The van der Waals surface area contributed by atoms with Crippen LogP contribution in [0.1, 0.15) is 56.6 Å². The quantitative estimate of drug-likeness (QED) is 0.203. The molecule has 0 spiro atoms. The van der Waals surface area contributed by atoms with Crippen molar-refractivity contribution in [1.29, 1.82) is 5.26 Å². The summed E-state index contributed by atoms with van der Waals surface area (Å²) in [4.78, 5) is 48.4. The highest BCUT2D eigenvalue weighted by molar-refractivity contribution is 7.75. The van der Waals surface area contributed by atoms with Gasteiger partial charge in [-0.05, 0) is 88.9 Å². The summed E-state index contributed by atoms with van der Waals surface area (Å²) >= 11 is 4.94. The van der Waals surface area contributed by atoms with E-state index < -0.39 is 22.7 Å². The highest BCUT2D eigenvalue weighted by atomic mass is 32.1. The Bertz CT molecular complexity index is 1860. The third-order valence-corrected chi connectivity index (χ3v) is 10.5. The van der Waals surface area contributed by atoms with E-state index in [0.29, 0.717) is 46.4 Å². The highest BCUT2D eigenvalue weighted by Crippen LogP contribution is 2.36. The Hall–Kier alpha value is -3.90. The van der Waals surface area contributed by atoms with E-state index in [2.05, 4.69) is 17.9 Å². The molecule has 4 heterocycles. The zero-order valence-corrected chi connectivity index (χ0v) is 28.4. The number of nitrogens with zero attached hydrogens (tertiary/aromatic N) is 5. The lowest BCUT2D eigenvalue weighted by Gasteiger charge is -2.28. The molecule has 3 aromatic heterocycles. The van der Waals surface area contributed by atoms with Crippen LogP contribution in [-0.2, 0) is 27.5 Å². The maximum atomic E-state index is 14.1. The van der Waals surface area contributed by atoms with Crippen molar-refractivity contribution in [3.63, 3.8) is 0 Å². The number of amides is 1. The Balaban J connectivity index is 0.000000417. The molecule has 1 aliphatic carbocycles. The van der Waals surface area contributed by atoms with Crippen LogP contribution in [0.15, 0.2) is 50.7 Å². The molecule has 1 aromatic carbocycles. The Morgan fingerprint density at radius 2 is 1.91 bits per heavy atom. The van der Waals surface area contributed by atoms with Gasteiger partial charge in [-0.2, -0.15) is 5.26 Å². The van der Waals surface area contributed by atoms with Crippen LogP contribution >= 0.6 is 24.2 Å². The van der Waals surface area contributed by atoms with Crippen LogP contribution in [0.4, 0.5) is 0 Å². The van der Waals surface area contributed by atoms with Gasteiger partial charge in [0.05, 0.1) is 35.8 Å². The number of fused-ring (bicyclic) bond motifs is 1. The zero-order chi connectivity index (χ0) is 33.7. The van der Waals surface area contributed by atoms with Gasteiger partial charge >= 0.3 is 5.69 Å². The number of aryl methyl sites for hydroxylation is 3. The van der Waals surface area contributed by atoms with Crippen molar-refractivity contribution < 1.29 is 23.2 Å². The summed E-state index contributed by atoms with van der Waals surface area (Å²) in [6.07, 6.45) is 8.81. The number of nitriles is 1. The molecule has 250 valence electrons. The summed E-state index contributed by atoms with van der Waals surface area (Å²) in [5, 5.41) is 19.5. The van der Waals surface area contributed by atoms with E-state index in [4.69, 9.17) is 18.4 Å². The number of aromatic nitrogens is 3. The van der Waals surface area contributed by atoms with Crippen LogP contribution in [0.5, 0.6) is 5.75 Å². The molecule has 47 heavy (non-hydrogen) atoms. The standard InChI is InChI=1S/C27H27N5O5S.C6H12O2S/c1-17-20-23(33)32(27(2,16-28)25(34)30-12-6-7-13-30)26(35)31(14-10-18-8-4-5-9-19(18)36-3)24(20)38-21(17)22-29-11-15-37-22;7-5-1-3-6(8-9)4-2-5/h4-5,8-9,11,15H,6-7,10,12-14H2,1-3H3;5-7,9H,1-4H2. The van der Waals surface area contributed by atoms with Crippen molar-refractivity contribution >= 4 is 40.4 Å². The lowest BCUT2D eigenvalue weighted by atomic mass is 9.95. The number of likely N-dealkylation sites (tertiary alicyclic amines) is 1. The number of carbonyl (C=O) groups excluding carboxylic acids is 1. The summed E-state index contributed by atoms with van der Waals surface area (Å²) in [5.41, 5.74) is -1.94. The van der Waals surface area contributed by atoms with Crippen molar-refractivity contribution in [3.05, 3.63) is 68.7 Å². The monoisotopic (exact) mass is 681 g/mol. The highest BCUT2D eigenvalue weighted by Gasteiger charge is 2.43. The maximum Gasteiger partial charge on any atom is 0.333 e. The molecular weight excluding hydrogens is 643 g/mol. The first-order valence-corrected chi connectivity index (χ1v) is 16.8. The SMILES string of the molecule is COc1ccccc1CCn1c(=O)n(C(C)(C#N)C(=O)N2CCCC2)c(=O)c2c(C)c(-c3ncco3)sc21.OC1CCC(OS)CC1. The van der Waals surface area contributed by atoms with E-state index >= 15 is 0 Å². The van der Waals surface area contributed by atoms with Gasteiger partial charge in [0.2, 0.25) is 11.4 Å². The third-order valence-electron chi connectivity index (χ3n) is 8.90. The molecular formula is C33H39N5O7S2. The molecule has 1 unspecified atom stereocenters. The molecule has 2 fully saturated rings. The van der Waals surface area contributed by atoms with Gasteiger partial charge in [0.25, 0.3) is 11.5 Å². The average Bonchev–Trinajstić information content (AvgIpc) is 3.88. The second kappa shape index (κ2) is 14.9. The molecule has 6 rings (SSSR count). The van der Waals surface area contributed by atoms with Crippen molar-refractivity contribution in [2.75, 3.05) is 20.2 Å². The van der Waals surface area contributed by atoms with E-state index in [9.17, 15) is 19.6 Å². The number of methoxy groups -OCH3 is 1. The fourth-order valence-corrected chi connectivity index (χ4v) is 7.66. The van der Waals surface area contributed by atoms with Gasteiger partial charge in [0, 0.05) is 19.6 Å². The average molecular weight is 682 g/mol. The van der Waals surface area contributed by atoms with Crippen LogP contribution < -0.4 is 16.0 Å². The van der Waals surface area contributed by atoms with Gasteiger partial charge in [0.15, 0.2) is 0 Å². The Labute approximate surface area is 281 Å². The Kier molecular flexibility index (Phi) is 10.9. The van der Waals surface area contributed by atoms with Gasteiger partial charge in [-0.3, -0.25) is 14.2 Å². The fourth-order valence-electron chi connectivity index (χ4n) is 6.19. The smallest absolute Gasteiger partial charge is 0.333 e. The first kappa shape index (κ1) is 34.4. The predicted molar refractivity (Wildman–Crippen MR) is 181 cm³/mol. The first-order chi connectivity index (χ1) is 22.6. The van der Waals surface area contributed by atoms with Gasteiger partial charge in [0.1, 0.15) is 22.9 Å². The summed E-state index contributed by atoms with van der Waals surface area (Å²) < 4.78 is 18.1. The van der Waals surface area contributed by atoms with Crippen molar-refractivity contribution in [1.82, 2.24) is 19.0 Å². The number of thiophene rings is 1. The summed E-state index contributed by atoms with van der Waals surface area (Å²) in [7, 11) is 1.58.